The normalized spacial score (nSPS) is 21.2. The van der Waals surface area contributed by atoms with Crippen LogP contribution >= 0.6 is 0 Å². The van der Waals surface area contributed by atoms with Crippen LogP contribution in [0, 0.1) is 13.8 Å². The number of ether oxygens (including phenoxy) is 1. The molecule has 1 fully saturated rings. The standard InChI is InChI=1S/C17H21NO3/c1-11-9-12(2)15-14(10-11)18(17(20)16(15)19)7-3-5-13-6-4-8-21-13/h9-10,13H,3-8H2,1-2H3. The number of rotatable bonds is 4. The molecule has 0 aliphatic carbocycles. The van der Waals surface area contributed by atoms with Gasteiger partial charge in [0.05, 0.1) is 17.4 Å². The molecule has 1 unspecified atom stereocenters. The summed E-state index contributed by atoms with van der Waals surface area (Å²) in [5.74, 6) is -0.745. The number of Topliss-reactive ketones (excluding diaryl/α,β-unsaturated/α-hetero) is 1. The summed E-state index contributed by atoms with van der Waals surface area (Å²) in [6, 6.07) is 3.90. The maximum atomic E-state index is 12.2. The minimum Gasteiger partial charge on any atom is -0.378 e. The lowest BCUT2D eigenvalue weighted by atomic mass is 10.0. The van der Waals surface area contributed by atoms with Gasteiger partial charge in [0.1, 0.15) is 0 Å². The molecule has 2 heterocycles. The molecule has 2 aliphatic rings. The maximum Gasteiger partial charge on any atom is 0.299 e. The number of carbonyl (C=O) groups excluding carboxylic acids is 2. The Morgan fingerprint density at radius 2 is 2.10 bits per heavy atom. The molecular formula is C17H21NO3. The fourth-order valence-electron chi connectivity index (χ4n) is 3.36. The summed E-state index contributed by atoms with van der Waals surface area (Å²) in [7, 11) is 0. The third kappa shape index (κ3) is 2.60. The first-order chi connectivity index (χ1) is 10.1. The highest BCUT2D eigenvalue weighted by Crippen LogP contribution is 2.33. The molecule has 1 aromatic carbocycles. The van der Waals surface area contributed by atoms with E-state index in [9.17, 15) is 9.59 Å². The number of fused-ring (bicyclic) bond motifs is 1. The van der Waals surface area contributed by atoms with Gasteiger partial charge < -0.3 is 9.64 Å². The van der Waals surface area contributed by atoms with Gasteiger partial charge in [-0.05, 0) is 56.7 Å². The van der Waals surface area contributed by atoms with Gasteiger partial charge in [-0.25, -0.2) is 0 Å². The summed E-state index contributed by atoms with van der Waals surface area (Å²) in [4.78, 5) is 26.0. The molecule has 2 aliphatic heterocycles. The van der Waals surface area contributed by atoms with Crippen molar-refractivity contribution in [2.75, 3.05) is 18.1 Å². The van der Waals surface area contributed by atoms with E-state index in [-0.39, 0.29) is 11.7 Å². The van der Waals surface area contributed by atoms with Gasteiger partial charge in [-0.15, -0.1) is 0 Å². The van der Waals surface area contributed by atoms with E-state index in [1.165, 1.54) is 0 Å². The Labute approximate surface area is 125 Å². The number of benzene rings is 1. The largest absolute Gasteiger partial charge is 0.378 e. The zero-order chi connectivity index (χ0) is 15.0. The number of carbonyl (C=O) groups is 2. The van der Waals surface area contributed by atoms with Gasteiger partial charge >= 0.3 is 0 Å². The number of nitrogens with zero attached hydrogens (tertiary/aromatic N) is 1. The van der Waals surface area contributed by atoms with Crippen LogP contribution < -0.4 is 4.90 Å². The molecule has 0 saturated carbocycles. The Morgan fingerprint density at radius 3 is 2.81 bits per heavy atom. The predicted molar refractivity (Wildman–Crippen MR) is 80.8 cm³/mol. The quantitative estimate of drug-likeness (QED) is 0.800. The van der Waals surface area contributed by atoms with Crippen LogP contribution in [0.2, 0.25) is 0 Å². The highest BCUT2D eigenvalue weighted by atomic mass is 16.5. The van der Waals surface area contributed by atoms with Gasteiger partial charge in [-0.1, -0.05) is 6.07 Å². The van der Waals surface area contributed by atoms with Gasteiger partial charge in [0.25, 0.3) is 11.7 Å². The second kappa shape index (κ2) is 5.60. The molecule has 1 saturated heterocycles. The molecule has 0 N–H and O–H groups in total. The Kier molecular flexibility index (Phi) is 3.81. The lowest BCUT2D eigenvalue weighted by Crippen LogP contribution is -2.31. The molecule has 4 nitrogen and oxygen atoms in total. The second-order valence-electron chi connectivity index (χ2n) is 6.04. The predicted octanol–water partition coefficient (Wildman–Crippen LogP) is 2.79. The van der Waals surface area contributed by atoms with Crippen molar-refractivity contribution in [2.45, 2.75) is 45.6 Å². The van der Waals surface area contributed by atoms with Gasteiger partial charge in [-0.3, -0.25) is 9.59 Å². The first-order valence-corrected chi connectivity index (χ1v) is 7.67. The van der Waals surface area contributed by atoms with Crippen molar-refractivity contribution in [1.29, 1.82) is 0 Å². The summed E-state index contributed by atoms with van der Waals surface area (Å²) >= 11 is 0. The van der Waals surface area contributed by atoms with Crippen molar-refractivity contribution in [3.05, 3.63) is 28.8 Å². The fraction of sp³-hybridized carbons (Fsp3) is 0.529. The first kappa shape index (κ1) is 14.3. The van der Waals surface area contributed by atoms with Crippen LogP contribution in [0.4, 0.5) is 5.69 Å². The lowest BCUT2D eigenvalue weighted by Gasteiger charge is -2.18. The molecule has 3 rings (SSSR count). The molecule has 0 spiro atoms. The third-order valence-electron chi connectivity index (χ3n) is 4.35. The van der Waals surface area contributed by atoms with Crippen LogP contribution in [-0.4, -0.2) is 30.9 Å². The molecule has 1 atom stereocenters. The van der Waals surface area contributed by atoms with Crippen molar-refractivity contribution in [2.24, 2.45) is 0 Å². The Morgan fingerprint density at radius 1 is 1.29 bits per heavy atom. The average Bonchev–Trinajstić information content (AvgIpc) is 3.01. The Bertz CT molecular complexity index is 588. The van der Waals surface area contributed by atoms with Crippen LogP contribution in [-0.2, 0) is 9.53 Å². The Hall–Kier alpha value is -1.68. The fourth-order valence-corrected chi connectivity index (χ4v) is 3.36. The number of ketones is 1. The van der Waals surface area contributed by atoms with Crippen molar-refractivity contribution >= 4 is 17.4 Å². The summed E-state index contributed by atoms with van der Waals surface area (Å²) in [5, 5.41) is 0. The van der Waals surface area contributed by atoms with Crippen molar-refractivity contribution < 1.29 is 14.3 Å². The summed E-state index contributed by atoms with van der Waals surface area (Å²) < 4.78 is 5.60. The highest BCUT2D eigenvalue weighted by Gasteiger charge is 2.36. The number of amides is 1. The minimum absolute atomic E-state index is 0.331. The van der Waals surface area contributed by atoms with E-state index in [2.05, 4.69) is 0 Å². The number of hydrogen-bond donors (Lipinski definition) is 0. The average molecular weight is 287 g/mol. The molecular weight excluding hydrogens is 266 g/mol. The zero-order valence-electron chi connectivity index (χ0n) is 12.6. The number of hydrogen-bond acceptors (Lipinski definition) is 3. The van der Waals surface area contributed by atoms with E-state index in [4.69, 9.17) is 4.74 Å². The highest BCUT2D eigenvalue weighted by molar-refractivity contribution is 6.52. The molecule has 1 aromatic rings. The minimum atomic E-state index is -0.383. The number of aryl methyl sites for hydroxylation is 2. The van der Waals surface area contributed by atoms with E-state index in [0.717, 1.165) is 49.1 Å². The topological polar surface area (TPSA) is 46.6 Å². The van der Waals surface area contributed by atoms with Gasteiger partial charge in [-0.2, -0.15) is 0 Å². The third-order valence-corrected chi connectivity index (χ3v) is 4.35. The second-order valence-corrected chi connectivity index (χ2v) is 6.04. The van der Waals surface area contributed by atoms with E-state index < -0.39 is 0 Å². The van der Waals surface area contributed by atoms with E-state index >= 15 is 0 Å². The van der Waals surface area contributed by atoms with Gasteiger partial charge in [0.2, 0.25) is 0 Å². The SMILES string of the molecule is Cc1cc(C)c2c(c1)N(CCCC1CCCO1)C(=O)C2=O. The lowest BCUT2D eigenvalue weighted by molar-refractivity contribution is -0.114. The van der Waals surface area contributed by atoms with Crippen molar-refractivity contribution in [1.82, 2.24) is 0 Å². The summed E-state index contributed by atoms with van der Waals surface area (Å²) in [5.41, 5.74) is 3.35. The Balaban J connectivity index is 1.74. The van der Waals surface area contributed by atoms with Crippen LogP contribution in [0.1, 0.15) is 47.2 Å². The molecule has 0 aromatic heterocycles. The molecule has 112 valence electrons. The van der Waals surface area contributed by atoms with Crippen LogP contribution in [0.3, 0.4) is 0 Å². The monoisotopic (exact) mass is 287 g/mol. The number of anilines is 1. The smallest absolute Gasteiger partial charge is 0.299 e. The van der Waals surface area contributed by atoms with Crippen molar-refractivity contribution in [3.8, 4) is 0 Å². The van der Waals surface area contributed by atoms with Gasteiger partial charge in [0, 0.05) is 13.2 Å². The van der Waals surface area contributed by atoms with E-state index in [0.29, 0.717) is 18.2 Å². The molecule has 1 amide bonds. The van der Waals surface area contributed by atoms with Crippen LogP contribution in [0.25, 0.3) is 0 Å². The molecule has 0 bridgehead atoms. The molecule has 0 radical (unpaired) electrons. The molecule has 21 heavy (non-hydrogen) atoms. The first-order valence-electron chi connectivity index (χ1n) is 7.67. The maximum absolute atomic E-state index is 12.2. The van der Waals surface area contributed by atoms with Crippen LogP contribution in [0.15, 0.2) is 12.1 Å². The zero-order valence-corrected chi connectivity index (χ0v) is 12.6. The van der Waals surface area contributed by atoms with Crippen LogP contribution in [0.5, 0.6) is 0 Å². The van der Waals surface area contributed by atoms with E-state index in [1.807, 2.05) is 26.0 Å². The van der Waals surface area contributed by atoms with Gasteiger partial charge in [0.15, 0.2) is 0 Å². The summed E-state index contributed by atoms with van der Waals surface area (Å²) in [6.45, 7) is 5.34. The molecule has 4 heteroatoms. The summed E-state index contributed by atoms with van der Waals surface area (Å²) in [6.07, 6.45) is 4.40. The van der Waals surface area contributed by atoms with Crippen molar-refractivity contribution in [3.63, 3.8) is 0 Å². The van der Waals surface area contributed by atoms with E-state index in [1.54, 1.807) is 4.90 Å².